The first-order valence-electron chi connectivity index (χ1n) is 7.16. The lowest BCUT2D eigenvalue weighted by atomic mass is 9.96. The van der Waals surface area contributed by atoms with Crippen LogP contribution in [0.1, 0.15) is 44.7 Å². The molecule has 19 heavy (non-hydrogen) atoms. The van der Waals surface area contributed by atoms with Crippen LogP contribution in [-0.4, -0.2) is 28.9 Å². The van der Waals surface area contributed by atoms with Crippen molar-refractivity contribution in [3.63, 3.8) is 0 Å². The Bertz CT molecular complexity index is 419. The fourth-order valence-corrected chi connectivity index (χ4v) is 3.35. The third-order valence-corrected chi connectivity index (χ3v) is 4.52. The van der Waals surface area contributed by atoms with Gasteiger partial charge < -0.3 is 10.6 Å². The van der Waals surface area contributed by atoms with E-state index in [1.54, 1.807) is 0 Å². The molecule has 2 heterocycles. The van der Waals surface area contributed by atoms with Crippen molar-refractivity contribution in [1.29, 1.82) is 0 Å². The van der Waals surface area contributed by atoms with Gasteiger partial charge in [-0.3, -0.25) is 4.79 Å². The number of carbonyl (C=O) groups excluding carboxylic acids is 1. The molecule has 0 saturated carbocycles. The average Bonchev–Trinajstić information content (AvgIpc) is 2.65. The second-order valence-corrected chi connectivity index (χ2v) is 6.21. The number of hydrogen-bond donors (Lipinski definition) is 1. The van der Waals surface area contributed by atoms with Crippen LogP contribution in [0.4, 0.5) is 5.13 Å². The SMILES string of the molecule is CCCC1CCCN(C(=O)Cc2csc(N)n2)CC1. The molecule has 2 rings (SSSR count). The van der Waals surface area contributed by atoms with E-state index in [1.807, 2.05) is 10.3 Å². The minimum atomic E-state index is 0.197. The minimum absolute atomic E-state index is 0.197. The third-order valence-electron chi connectivity index (χ3n) is 3.80. The van der Waals surface area contributed by atoms with E-state index in [0.717, 1.165) is 37.5 Å². The van der Waals surface area contributed by atoms with Crippen molar-refractivity contribution in [3.8, 4) is 0 Å². The van der Waals surface area contributed by atoms with Crippen LogP contribution in [0.2, 0.25) is 0 Å². The van der Waals surface area contributed by atoms with Gasteiger partial charge in [-0.2, -0.15) is 0 Å². The van der Waals surface area contributed by atoms with E-state index >= 15 is 0 Å². The smallest absolute Gasteiger partial charge is 0.228 e. The van der Waals surface area contributed by atoms with Crippen molar-refractivity contribution in [2.75, 3.05) is 18.8 Å². The van der Waals surface area contributed by atoms with E-state index in [2.05, 4.69) is 11.9 Å². The fourth-order valence-electron chi connectivity index (χ4n) is 2.78. The molecule has 1 amide bonds. The highest BCUT2D eigenvalue weighted by Crippen LogP contribution is 2.22. The predicted molar refractivity (Wildman–Crippen MR) is 79.1 cm³/mol. The first kappa shape index (κ1) is 14.3. The molecule has 5 heteroatoms. The van der Waals surface area contributed by atoms with Crippen LogP contribution < -0.4 is 5.73 Å². The van der Waals surface area contributed by atoms with E-state index < -0.39 is 0 Å². The van der Waals surface area contributed by atoms with Gasteiger partial charge in [0.15, 0.2) is 5.13 Å². The summed E-state index contributed by atoms with van der Waals surface area (Å²) >= 11 is 1.40. The molecule has 1 fully saturated rings. The summed E-state index contributed by atoms with van der Waals surface area (Å²) in [5.41, 5.74) is 6.40. The predicted octanol–water partition coefficient (Wildman–Crippen LogP) is 2.70. The Labute approximate surface area is 119 Å². The molecule has 0 aliphatic carbocycles. The molecule has 2 N–H and O–H groups in total. The Morgan fingerprint density at radius 2 is 2.37 bits per heavy atom. The number of anilines is 1. The van der Waals surface area contributed by atoms with Crippen molar-refractivity contribution >= 4 is 22.4 Å². The van der Waals surface area contributed by atoms with E-state index in [0.29, 0.717) is 11.6 Å². The maximum Gasteiger partial charge on any atom is 0.228 e. The lowest BCUT2D eigenvalue weighted by molar-refractivity contribution is -0.130. The van der Waals surface area contributed by atoms with E-state index in [1.165, 1.54) is 30.6 Å². The summed E-state index contributed by atoms with van der Waals surface area (Å²) < 4.78 is 0. The number of thiazole rings is 1. The fraction of sp³-hybridized carbons (Fsp3) is 0.714. The Hall–Kier alpha value is -1.10. The van der Waals surface area contributed by atoms with E-state index in [9.17, 15) is 4.79 Å². The lowest BCUT2D eigenvalue weighted by Crippen LogP contribution is -2.33. The van der Waals surface area contributed by atoms with Crippen LogP contribution >= 0.6 is 11.3 Å². The third kappa shape index (κ3) is 4.20. The van der Waals surface area contributed by atoms with Crippen LogP contribution in [0.5, 0.6) is 0 Å². The highest BCUT2D eigenvalue weighted by molar-refractivity contribution is 7.13. The topological polar surface area (TPSA) is 59.2 Å². The first-order chi connectivity index (χ1) is 9.19. The number of likely N-dealkylation sites (tertiary alicyclic amines) is 1. The van der Waals surface area contributed by atoms with Gasteiger partial charge in [-0.15, -0.1) is 11.3 Å². The molecule has 1 aromatic rings. The van der Waals surface area contributed by atoms with Gasteiger partial charge in [-0.25, -0.2) is 4.98 Å². The molecule has 106 valence electrons. The molecule has 1 aliphatic heterocycles. The molecule has 1 unspecified atom stereocenters. The highest BCUT2D eigenvalue weighted by Gasteiger charge is 2.20. The van der Waals surface area contributed by atoms with Gasteiger partial charge in [0.1, 0.15) is 0 Å². The molecule has 0 bridgehead atoms. The van der Waals surface area contributed by atoms with Gasteiger partial charge >= 0.3 is 0 Å². The number of amides is 1. The standard InChI is InChI=1S/C14H23N3OS/c1-2-4-11-5-3-7-17(8-6-11)13(18)9-12-10-19-14(15)16-12/h10-11H,2-9H2,1H3,(H2,15,16). The van der Waals surface area contributed by atoms with Crippen molar-refractivity contribution in [2.45, 2.75) is 45.4 Å². The Morgan fingerprint density at radius 1 is 1.53 bits per heavy atom. The van der Waals surface area contributed by atoms with Gasteiger partial charge in [0.2, 0.25) is 5.91 Å². The lowest BCUT2D eigenvalue weighted by Gasteiger charge is -2.20. The number of hydrogen-bond acceptors (Lipinski definition) is 4. The Morgan fingerprint density at radius 3 is 3.05 bits per heavy atom. The van der Waals surface area contributed by atoms with Gasteiger partial charge in [0, 0.05) is 18.5 Å². The summed E-state index contributed by atoms with van der Waals surface area (Å²) in [4.78, 5) is 18.4. The van der Waals surface area contributed by atoms with Crippen LogP contribution in [0.15, 0.2) is 5.38 Å². The molecule has 4 nitrogen and oxygen atoms in total. The van der Waals surface area contributed by atoms with Crippen molar-refractivity contribution < 1.29 is 4.79 Å². The average molecular weight is 281 g/mol. The van der Waals surface area contributed by atoms with Crippen LogP contribution in [0, 0.1) is 5.92 Å². The summed E-state index contributed by atoms with van der Waals surface area (Å²) in [6.45, 7) is 4.04. The van der Waals surface area contributed by atoms with Crippen LogP contribution in [-0.2, 0) is 11.2 Å². The molecule has 0 spiro atoms. The van der Waals surface area contributed by atoms with Crippen molar-refractivity contribution in [1.82, 2.24) is 9.88 Å². The molecule has 1 aliphatic rings. The van der Waals surface area contributed by atoms with Crippen LogP contribution in [0.25, 0.3) is 0 Å². The second kappa shape index (κ2) is 6.89. The molecular weight excluding hydrogens is 258 g/mol. The van der Waals surface area contributed by atoms with Gasteiger partial charge in [-0.1, -0.05) is 19.8 Å². The molecule has 1 aromatic heterocycles. The largest absolute Gasteiger partial charge is 0.375 e. The maximum atomic E-state index is 12.2. The number of nitrogens with two attached hydrogens (primary N) is 1. The zero-order valence-electron chi connectivity index (χ0n) is 11.6. The molecule has 1 saturated heterocycles. The van der Waals surface area contributed by atoms with Crippen LogP contribution in [0.3, 0.4) is 0 Å². The summed E-state index contributed by atoms with van der Waals surface area (Å²) in [6.07, 6.45) is 6.49. The quantitative estimate of drug-likeness (QED) is 0.923. The molecule has 1 atom stereocenters. The maximum absolute atomic E-state index is 12.2. The second-order valence-electron chi connectivity index (χ2n) is 5.32. The minimum Gasteiger partial charge on any atom is -0.375 e. The number of aromatic nitrogens is 1. The normalized spacial score (nSPS) is 20.3. The Kier molecular flexibility index (Phi) is 5.19. The molecular formula is C14H23N3OS. The summed E-state index contributed by atoms with van der Waals surface area (Å²) in [5.74, 6) is 1.00. The number of rotatable bonds is 4. The molecule has 0 radical (unpaired) electrons. The van der Waals surface area contributed by atoms with Gasteiger partial charge in [0.05, 0.1) is 12.1 Å². The summed E-state index contributed by atoms with van der Waals surface area (Å²) in [5, 5.41) is 2.42. The zero-order chi connectivity index (χ0) is 13.7. The monoisotopic (exact) mass is 281 g/mol. The Balaban J connectivity index is 1.85. The summed E-state index contributed by atoms with van der Waals surface area (Å²) in [7, 11) is 0. The molecule has 0 aromatic carbocycles. The number of nitrogen functional groups attached to an aromatic ring is 1. The first-order valence-corrected chi connectivity index (χ1v) is 8.04. The van der Waals surface area contributed by atoms with E-state index in [4.69, 9.17) is 5.73 Å². The zero-order valence-corrected chi connectivity index (χ0v) is 12.4. The van der Waals surface area contributed by atoms with Gasteiger partial charge in [-0.05, 0) is 25.2 Å². The highest BCUT2D eigenvalue weighted by atomic mass is 32.1. The number of nitrogens with zero attached hydrogens (tertiary/aromatic N) is 2. The van der Waals surface area contributed by atoms with Gasteiger partial charge in [0.25, 0.3) is 0 Å². The number of carbonyl (C=O) groups is 1. The van der Waals surface area contributed by atoms with Crippen molar-refractivity contribution in [2.24, 2.45) is 5.92 Å². The van der Waals surface area contributed by atoms with Crippen molar-refractivity contribution in [3.05, 3.63) is 11.1 Å². The van der Waals surface area contributed by atoms with E-state index in [-0.39, 0.29) is 5.91 Å². The summed E-state index contributed by atoms with van der Waals surface area (Å²) in [6, 6.07) is 0.